The van der Waals surface area contributed by atoms with Gasteiger partial charge < -0.3 is 0 Å². The third kappa shape index (κ3) is 3.48. The van der Waals surface area contributed by atoms with Crippen LogP contribution >= 0.6 is 23.4 Å². The van der Waals surface area contributed by atoms with Crippen molar-refractivity contribution in [3.8, 4) is 0 Å². The molecule has 4 rings (SSSR count). The van der Waals surface area contributed by atoms with E-state index in [2.05, 4.69) is 4.98 Å². The highest BCUT2D eigenvalue weighted by molar-refractivity contribution is 7.99. The van der Waals surface area contributed by atoms with Crippen molar-refractivity contribution in [1.29, 1.82) is 0 Å². The fourth-order valence-corrected chi connectivity index (χ4v) is 3.91. The topological polar surface area (TPSA) is 52.0 Å². The van der Waals surface area contributed by atoms with Crippen LogP contribution in [-0.2, 0) is 7.05 Å². The summed E-state index contributed by atoms with van der Waals surface area (Å²) in [5.41, 5.74) is 1.11. The van der Waals surface area contributed by atoms with Gasteiger partial charge in [0.25, 0.3) is 5.56 Å². The van der Waals surface area contributed by atoms with Gasteiger partial charge in [-0.3, -0.25) is 14.2 Å². The number of Topliss-reactive ketones (excluding diaryl/α,β-unsaturated/α-hetero) is 1. The molecule has 0 aliphatic heterocycles. The minimum atomic E-state index is -0.118. The standard InChI is InChI=1S/C21H15ClN2O2S/c1-24-20(26)17-10-14-4-2-3-5-15(14)11-18(17)23-21(24)27-12-19(25)13-6-8-16(22)9-7-13/h2-11H,12H2,1H3. The first-order valence-electron chi connectivity index (χ1n) is 8.34. The third-order valence-electron chi connectivity index (χ3n) is 4.40. The first-order valence-corrected chi connectivity index (χ1v) is 9.70. The molecule has 0 radical (unpaired) electrons. The number of hydrogen-bond acceptors (Lipinski definition) is 4. The highest BCUT2D eigenvalue weighted by Crippen LogP contribution is 2.23. The number of fused-ring (bicyclic) bond motifs is 2. The number of carbonyl (C=O) groups is 1. The Morgan fingerprint density at radius 1 is 1.07 bits per heavy atom. The van der Waals surface area contributed by atoms with Crippen LogP contribution in [0.1, 0.15) is 10.4 Å². The van der Waals surface area contributed by atoms with Crippen LogP contribution in [0.15, 0.2) is 70.6 Å². The van der Waals surface area contributed by atoms with Gasteiger partial charge in [-0.1, -0.05) is 47.6 Å². The molecule has 0 spiro atoms. The number of carbonyl (C=O) groups excluding carboxylic acids is 1. The Hall–Kier alpha value is -2.63. The minimum absolute atomic E-state index is 0.0375. The summed E-state index contributed by atoms with van der Waals surface area (Å²) in [6.45, 7) is 0. The van der Waals surface area contributed by atoms with Gasteiger partial charge in [0, 0.05) is 17.6 Å². The van der Waals surface area contributed by atoms with E-state index in [4.69, 9.17) is 11.6 Å². The second-order valence-corrected chi connectivity index (χ2v) is 7.57. The quantitative estimate of drug-likeness (QED) is 0.217. The zero-order valence-electron chi connectivity index (χ0n) is 14.5. The lowest BCUT2D eigenvalue weighted by molar-refractivity contribution is 0.102. The largest absolute Gasteiger partial charge is 0.293 e. The summed E-state index contributed by atoms with van der Waals surface area (Å²) in [6, 6.07) is 18.4. The van der Waals surface area contributed by atoms with E-state index in [-0.39, 0.29) is 17.1 Å². The molecule has 0 saturated heterocycles. The fraction of sp³-hybridized carbons (Fsp3) is 0.0952. The molecule has 6 heteroatoms. The van der Waals surface area contributed by atoms with E-state index in [1.807, 2.05) is 36.4 Å². The summed E-state index contributed by atoms with van der Waals surface area (Å²) < 4.78 is 1.50. The molecule has 3 aromatic carbocycles. The highest BCUT2D eigenvalue weighted by Gasteiger charge is 2.13. The number of nitrogens with zero attached hydrogens (tertiary/aromatic N) is 2. The number of hydrogen-bond donors (Lipinski definition) is 0. The van der Waals surface area contributed by atoms with Gasteiger partial charge in [-0.2, -0.15) is 0 Å². The predicted molar refractivity (Wildman–Crippen MR) is 111 cm³/mol. The number of rotatable bonds is 4. The van der Waals surface area contributed by atoms with Gasteiger partial charge in [-0.05, 0) is 47.2 Å². The van der Waals surface area contributed by atoms with Crippen LogP contribution in [0.2, 0.25) is 5.02 Å². The lowest BCUT2D eigenvalue weighted by atomic mass is 10.1. The minimum Gasteiger partial charge on any atom is -0.293 e. The molecule has 0 amide bonds. The summed E-state index contributed by atoms with van der Waals surface area (Å²) in [4.78, 5) is 29.8. The molecular weight excluding hydrogens is 380 g/mol. The van der Waals surface area contributed by atoms with Crippen LogP contribution in [0.4, 0.5) is 0 Å². The molecule has 0 bridgehead atoms. The maximum Gasteiger partial charge on any atom is 0.261 e. The summed E-state index contributed by atoms with van der Waals surface area (Å²) in [5, 5.41) is 3.71. The zero-order valence-corrected chi connectivity index (χ0v) is 16.1. The average Bonchev–Trinajstić information content (AvgIpc) is 2.69. The highest BCUT2D eigenvalue weighted by atomic mass is 35.5. The van der Waals surface area contributed by atoms with Gasteiger partial charge in [0.1, 0.15) is 0 Å². The molecule has 0 unspecified atom stereocenters. The summed E-state index contributed by atoms with van der Waals surface area (Å²) in [5.74, 6) is 0.158. The smallest absolute Gasteiger partial charge is 0.261 e. The number of thioether (sulfide) groups is 1. The number of ketones is 1. The zero-order chi connectivity index (χ0) is 19.0. The van der Waals surface area contributed by atoms with E-state index < -0.39 is 0 Å². The monoisotopic (exact) mass is 394 g/mol. The van der Waals surface area contributed by atoms with Crippen molar-refractivity contribution in [3.63, 3.8) is 0 Å². The van der Waals surface area contributed by atoms with Gasteiger partial charge in [0.15, 0.2) is 10.9 Å². The first kappa shape index (κ1) is 17.8. The van der Waals surface area contributed by atoms with Crippen molar-refractivity contribution < 1.29 is 4.79 Å². The van der Waals surface area contributed by atoms with E-state index >= 15 is 0 Å². The van der Waals surface area contributed by atoms with Gasteiger partial charge >= 0.3 is 0 Å². The SMILES string of the molecule is Cn1c(SCC(=O)c2ccc(Cl)cc2)nc2cc3ccccc3cc2c1=O. The van der Waals surface area contributed by atoms with Gasteiger partial charge in [-0.15, -0.1) is 0 Å². The molecule has 4 nitrogen and oxygen atoms in total. The number of benzene rings is 3. The Kier molecular flexibility index (Phi) is 4.72. The maximum absolute atomic E-state index is 12.8. The Morgan fingerprint density at radius 2 is 1.74 bits per heavy atom. The van der Waals surface area contributed by atoms with Crippen molar-refractivity contribution in [2.45, 2.75) is 5.16 Å². The summed E-state index contributed by atoms with van der Waals surface area (Å²) in [7, 11) is 1.68. The maximum atomic E-state index is 12.8. The van der Waals surface area contributed by atoms with E-state index in [1.165, 1.54) is 16.3 Å². The second kappa shape index (κ2) is 7.18. The van der Waals surface area contributed by atoms with Crippen molar-refractivity contribution in [1.82, 2.24) is 9.55 Å². The molecule has 27 heavy (non-hydrogen) atoms. The molecule has 0 atom stereocenters. The molecule has 0 N–H and O–H groups in total. The molecule has 1 heterocycles. The van der Waals surface area contributed by atoms with Crippen LogP contribution in [0.5, 0.6) is 0 Å². The van der Waals surface area contributed by atoms with Crippen LogP contribution in [0.3, 0.4) is 0 Å². The molecule has 0 fully saturated rings. The van der Waals surface area contributed by atoms with Crippen molar-refractivity contribution in [2.24, 2.45) is 7.05 Å². The molecule has 1 aromatic heterocycles. The molecule has 134 valence electrons. The Labute approximate surface area is 164 Å². The van der Waals surface area contributed by atoms with Gasteiger partial charge in [0.05, 0.1) is 16.7 Å². The van der Waals surface area contributed by atoms with Crippen LogP contribution < -0.4 is 5.56 Å². The lowest BCUT2D eigenvalue weighted by Crippen LogP contribution is -2.20. The normalized spacial score (nSPS) is 11.2. The average molecular weight is 395 g/mol. The Bertz CT molecular complexity index is 1230. The molecule has 4 aromatic rings. The molecular formula is C21H15ClN2O2S. The van der Waals surface area contributed by atoms with E-state index in [0.717, 1.165) is 10.8 Å². The van der Waals surface area contributed by atoms with Gasteiger partial charge in [-0.25, -0.2) is 4.98 Å². The van der Waals surface area contributed by atoms with Gasteiger partial charge in [0.2, 0.25) is 0 Å². The fourth-order valence-electron chi connectivity index (χ4n) is 2.92. The van der Waals surface area contributed by atoms with Crippen LogP contribution in [-0.4, -0.2) is 21.1 Å². The van der Waals surface area contributed by atoms with E-state index in [0.29, 0.717) is 26.6 Å². The predicted octanol–water partition coefficient (Wildman–Crippen LogP) is 4.72. The van der Waals surface area contributed by atoms with Crippen LogP contribution in [0.25, 0.3) is 21.7 Å². The van der Waals surface area contributed by atoms with E-state index in [9.17, 15) is 9.59 Å². The van der Waals surface area contributed by atoms with Crippen molar-refractivity contribution >= 4 is 50.8 Å². The van der Waals surface area contributed by atoms with Crippen molar-refractivity contribution in [2.75, 3.05) is 5.75 Å². The van der Waals surface area contributed by atoms with Crippen molar-refractivity contribution in [3.05, 3.63) is 81.6 Å². The molecule has 0 aliphatic carbocycles. The molecule has 0 saturated carbocycles. The molecule has 0 aliphatic rings. The lowest BCUT2D eigenvalue weighted by Gasteiger charge is -2.09. The Balaban J connectivity index is 1.68. The number of aromatic nitrogens is 2. The van der Waals surface area contributed by atoms with Crippen LogP contribution in [0, 0.1) is 0 Å². The second-order valence-electron chi connectivity index (χ2n) is 6.19. The van der Waals surface area contributed by atoms with E-state index in [1.54, 1.807) is 31.3 Å². The Morgan fingerprint density at radius 3 is 2.44 bits per heavy atom. The first-order chi connectivity index (χ1) is 13.0. The summed E-state index contributed by atoms with van der Waals surface area (Å²) >= 11 is 7.12. The summed E-state index contributed by atoms with van der Waals surface area (Å²) in [6.07, 6.45) is 0. The third-order valence-corrected chi connectivity index (χ3v) is 5.68. The number of halogens is 1.